The Morgan fingerprint density at radius 2 is 1.82 bits per heavy atom. The maximum atomic E-state index is 13.0. The highest BCUT2D eigenvalue weighted by Gasteiger charge is 2.38. The van der Waals surface area contributed by atoms with Gasteiger partial charge >= 0.3 is 0 Å². The van der Waals surface area contributed by atoms with E-state index in [1.807, 2.05) is 42.5 Å². The van der Waals surface area contributed by atoms with E-state index >= 15 is 0 Å². The van der Waals surface area contributed by atoms with Gasteiger partial charge in [0, 0.05) is 43.4 Å². The van der Waals surface area contributed by atoms with Crippen LogP contribution in [0.1, 0.15) is 34.9 Å². The van der Waals surface area contributed by atoms with Crippen molar-refractivity contribution in [3.63, 3.8) is 0 Å². The van der Waals surface area contributed by atoms with E-state index in [0.717, 1.165) is 29.8 Å². The Kier molecular flexibility index (Phi) is 5.70. The van der Waals surface area contributed by atoms with Crippen molar-refractivity contribution < 1.29 is 14.1 Å². The van der Waals surface area contributed by atoms with Gasteiger partial charge < -0.3 is 14.6 Å². The number of hydrogen-bond acceptors (Lipinski definition) is 7. The fraction of sp³-hybridized carbons (Fsp3) is 0.292. The van der Waals surface area contributed by atoms with Gasteiger partial charge in [0.1, 0.15) is 5.82 Å². The van der Waals surface area contributed by atoms with Crippen LogP contribution >= 0.6 is 0 Å². The minimum atomic E-state index is -0.379. The van der Waals surface area contributed by atoms with Crippen LogP contribution < -0.4 is 5.32 Å². The van der Waals surface area contributed by atoms with Gasteiger partial charge in [0.05, 0.1) is 5.41 Å². The highest BCUT2D eigenvalue weighted by molar-refractivity contribution is 5.95. The molecule has 0 bridgehead atoms. The van der Waals surface area contributed by atoms with Crippen molar-refractivity contribution in [3.8, 4) is 22.8 Å². The lowest BCUT2D eigenvalue weighted by atomic mass is 9.79. The molecule has 5 rings (SSSR count). The standard InChI is InChI=1S/C24H24N6O3/c1-16-26-21(30-33-16)18-8-5-9-19(14-18)22(31)25-15-24(10-12-32-13-11-24)23-27-20(28-29-23)17-6-3-2-4-7-17/h2-9,14H,10-13,15H2,1H3,(H,25,31)(H,27,28,29). The topological polar surface area (TPSA) is 119 Å². The van der Waals surface area contributed by atoms with E-state index in [9.17, 15) is 4.79 Å². The molecule has 9 nitrogen and oxygen atoms in total. The van der Waals surface area contributed by atoms with Crippen molar-refractivity contribution in [1.82, 2.24) is 30.6 Å². The molecule has 1 aliphatic heterocycles. The van der Waals surface area contributed by atoms with Crippen LogP contribution in [0.4, 0.5) is 0 Å². The van der Waals surface area contributed by atoms with Crippen LogP contribution in [-0.4, -0.2) is 51.0 Å². The number of amides is 1. The number of H-pyrrole nitrogens is 1. The summed E-state index contributed by atoms with van der Waals surface area (Å²) < 4.78 is 10.7. The van der Waals surface area contributed by atoms with E-state index in [1.165, 1.54) is 0 Å². The first kappa shape index (κ1) is 21.0. The highest BCUT2D eigenvalue weighted by Crippen LogP contribution is 2.33. The van der Waals surface area contributed by atoms with Crippen LogP contribution in [0.5, 0.6) is 0 Å². The van der Waals surface area contributed by atoms with Crippen LogP contribution in [0.2, 0.25) is 0 Å². The van der Waals surface area contributed by atoms with E-state index in [1.54, 1.807) is 19.1 Å². The molecule has 33 heavy (non-hydrogen) atoms. The molecule has 0 radical (unpaired) electrons. The Balaban J connectivity index is 1.35. The van der Waals surface area contributed by atoms with Gasteiger partial charge in [-0.1, -0.05) is 47.6 Å². The molecule has 2 N–H and O–H groups in total. The molecule has 2 aromatic carbocycles. The van der Waals surface area contributed by atoms with E-state index in [-0.39, 0.29) is 11.3 Å². The van der Waals surface area contributed by atoms with Crippen LogP contribution in [0.25, 0.3) is 22.8 Å². The number of carbonyl (C=O) groups is 1. The fourth-order valence-corrected chi connectivity index (χ4v) is 4.04. The molecule has 1 fully saturated rings. The van der Waals surface area contributed by atoms with Gasteiger partial charge in [0.25, 0.3) is 5.91 Å². The molecule has 0 atom stereocenters. The van der Waals surface area contributed by atoms with E-state index in [2.05, 4.69) is 25.7 Å². The van der Waals surface area contributed by atoms with Crippen molar-refractivity contribution in [3.05, 3.63) is 71.9 Å². The SMILES string of the molecule is Cc1nc(-c2cccc(C(=O)NCC3(c4nc(-c5ccccc5)n[nH]4)CCOCC3)c2)no1. The van der Waals surface area contributed by atoms with Crippen molar-refractivity contribution in [2.75, 3.05) is 19.8 Å². The summed E-state index contributed by atoms with van der Waals surface area (Å²) in [5, 5.41) is 14.6. The summed E-state index contributed by atoms with van der Waals surface area (Å²) in [7, 11) is 0. The first-order chi connectivity index (χ1) is 16.1. The molecule has 2 aromatic heterocycles. The van der Waals surface area contributed by atoms with Gasteiger partial charge in [-0.15, -0.1) is 0 Å². The minimum absolute atomic E-state index is 0.175. The second kappa shape index (κ2) is 8.95. The normalized spacial score (nSPS) is 15.3. The summed E-state index contributed by atoms with van der Waals surface area (Å²) >= 11 is 0. The number of aryl methyl sites for hydroxylation is 1. The summed E-state index contributed by atoms with van der Waals surface area (Å²) in [4.78, 5) is 22.0. The largest absolute Gasteiger partial charge is 0.381 e. The predicted octanol–water partition coefficient (Wildman–Crippen LogP) is 3.31. The second-order valence-corrected chi connectivity index (χ2v) is 8.17. The molecule has 0 unspecified atom stereocenters. The third-order valence-electron chi connectivity index (χ3n) is 5.97. The molecule has 0 spiro atoms. The van der Waals surface area contributed by atoms with Crippen LogP contribution in [0.3, 0.4) is 0 Å². The van der Waals surface area contributed by atoms with Gasteiger partial charge in [-0.05, 0) is 25.0 Å². The fourth-order valence-electron chi connectivity index (χ4n) is 4.04. The highest BCUT2D eigenvalue weighted by atomic mass is 16.5. The summed E-state index contributed by atoms with van der Waals surface area (Å²) in [6, 6.07) is 17.0. The average molecular weight is 444 g/mol. The molecule has 168 valence electrons. The van der Waals surface area contributed by atoms with Crippen molar-refractivity contribution in [2.45, 2.75) is 25.2 Å². The van der Waals surface area contributed by atoms with Gasteiger partial charge in [0.2, 0.25) is 11.7 Å². The Labute approximate surface area is 190 Å². The number of aromatic nitrogens is 5. The number of nitrogens with one attached hydrogen (secondary N) is 2. The van der Waals surface area contributed by atoms with Crippen LogP contribution in [0.15, 0.2) is 59.1 Å². The molecule has 0 aliphatic carbocycles. The molecule has 3 heterocycles. The minimum Gasteiger partial charge on any atom is -0.381 e. The van der Waals surface area contributed by atoms with Crippen LogP contribution in [-0.2, 0) is 10.2 Å². The summed E-state index contributed by atoms with van der Waals surface area (Å²) in [6.45, 7) is 3.35. The maximum absolute atomic E-state index is 13.0. The molecule has 4 aromatic rings. The number of benzene rings is 2. The number of ether oxygens (including phenoxy) is 1. The van der Waals surface area contributed by atoms with Gasteiger partial charge in [-0.3, -0.25) is 9.89 Å². The summed E-state index contributed by atoms with van der Waals surface area (Å²) in [5.74, 6) is 2.17. The Morgan fingerprint density at radius 1 is 1.03 bits per heavy atom. The summed E-state index contributed by atoms with van der Waals surface area (Å²) in [6.07, 6.45) is 1.47. The number of rotatable bonds is 6. The smallest absolute Gasteiger partial charge is 0.251 e. The first-order valence-corrected chi connectivity index (χ1v) is 10.9. The molecular weight excluding hydrogens is 420 g/mol. The molecule has 1 aliphatic rings. The number of nitrogens with zero attached hydrogens (tertiary/aromatic N) is 4. The zero-order valence-electron chi connectivity index (χ0n) is 18.2. The second-order valence-electron chi connectivity index (χ2n) is 8.17. The Hall–Kier alpha value is -3.85. The van der Waals surface area contributed by atoms with E-state index < -0.39 is 0 Å². The zero-order chi connectivity index (χ0) is 22.7. The monoisotopic (exact) mass is 444 g/mol. The summed E-state index contributed by atoms with van der Waals surface area (Å²) in [5.41, 5.74) is 1.82. The average Bonchev–Trinajstić information content (AvgIpc) is 3.54. The lowest BCUT2D eigenvalue weighted by molar-refractivity contribution is 0.0458. The molecule has 1 amide bonds. The molecule has 9 heteroatoms. The quantitative estimate of drug-likeness (QED) is 0.468. The third-order valence-corrected chi connectivity index (χ3v) is 5.97. The van der Waals surface area contributed by atoms with Crippen molar-refractivity contribution in [1.29, 1.82) is 0 Å². The van der Waals surface area contributed by atoms with Crippen molar-refractivity contribution >= 4 is 5.91 Å². The van der Waals surface area contributed by atoms with Gasteiger partial charge in [-0.25, -0.2) is 4.98 Å². The molecule has 0 saturated carbocycles. The Morgan fingerprint density at radius 3 is 2.58 bits per heavy atom. The number of aromatic amines is 1. The zero-order valence-corrected chi connectivity index (χ0v) is 18.2. The van der Waals surface area contributed by atoms with Gasteiger partial charge in [-0.2, -0.15) is 10.1 Å². The predicted molar refractivity (Wildman–Crippen MR) is 120 cm³/mol. The van der Waals surface area contributed by atoms with Crippen LogP contribution in [0, 0.1) is 6.92 Å². The number of carbonyl (C=O) groups excluding carboxylic acids is 1. The number of hydrogen-bond donors (Lipinski definition) is 2. The van der Waals surface area contributed by atoms with Crippen molar-refractivity contribution in [2.24, 2.45) is 0 Å². The van der Waals surface area contributed by atoms with E-state index in [0.29, 0.717) is 42.9 Å². The van der Waals surface area contributed by atoms with E-state index in [4.69, 9.17) is 14.2 Å². The lowest BCUT2D eigenvalue weighted by Gasteiger charge is -2.35. The maximum Gasteiger partial charge on any atom is 0.251 e. The third kappa shape index (κ3) is 4.40. The lowest BCUT2D eigenvalue weighted by Crippen LogP contribution is -2.45. The Bertz CT molecular complexity index is 1240. The first-order valence-electron chi connectivity index (χ1n) is 10.9. The molecular formula is C24H24N6O3. The molecule has 1 saturated heterocycles. The van der Waals surface area contributed by atoms with Gasteiger partial charge in [0.15, 0.2) is 5.82 Å².